The fourth-order valence-corrected chi connectivity index (χ4v) is 1.69. The van der Waals surface area contributed by atoms with Crippen molar-refractivity contribution in [2.24, 2.45) is 0 Å². The summed E-state index contributed by atoms with van der Waals surface area (Å²) in [6.45, 7) is 6.40. The Labute approximate surface area is 91.3 Å². The molecule has 0 bridgehead atoms. The van der Waals surface area contributed by atoms with Gasteiger partial charge in [0.25, 0.3) is 0 Å². The number of hydrogen-bond donors (Lipinski definition) is 0. The Balaban J connectivity index is 3.03. The second-order valence-electron chi connectivity index (χ2n) is 3.87. The number of hydrogen-bond acceptors (Lipinski definition) is 2. The van der Waals surface area contributed by atoms with Gasteiger partial charge < -0.3 is 4.74 Å². The van der Waals surface area contributed by atoms with E-state index in [9.17, 15) is 4.79 Å². The third-order valence-corrected chi connectivity index (χ3v) is 2.83. The average Bonchev–Trinajstić information content (AvgIpc) is 2.26. The number of aryl methyl sites for hydroxylation is 1. The highest BCUT2D eigenvalue weighted by molar-refractivity contribution is 5.89. The standard InChI is InChI=1S/C13H18O2/c1-5-9(2)12-7-6-11(8-10(12)3)13(14)15-4/h6-9H,5H2,1-4H3. The lowest BCUT2D eigenvalue weighted by Crippen LogP contribution is -2.03. The lowest BCUT2D eigenvalue weighted by molar-refractivity contribution is 0.0600. The second kappa shape index (κ2) is 4.96. The molecule has 1 aromatic carbocycles. The van der Waals surface area contributed by atoms with Crippen molar-refractivity contribution in [1.82, 2.24) is 0 Å². The van der Waals surface area contributed by atoms with Crippen LogP contribution in [0.4, 0.5) is 0 Å². The first-order valence-corrected chi connectivity index (χ1v) is 5.29. The summed E-state index contributed by atoms with van der Waals surface area (Å²) in [5.74, 6) is 0.269. The SMILES string of the molecule is CCC(C)c1ccc(C(=O)OC)cc1C. The minimum Gasteiger partial charge on any atom is -0.465 e. The van der Waals surface area contributed by atoms with Gasteiger partial charge in [0.2, 0.25) is 0 Å². The number of ether oxygens (including phenoxy) is 1. The van der Waals surface area contributed by atoms with Gasteiger partial charge in [-0.05, 0) is 42.5 Å². The highest BCUT2D eigenvalue weighted by atomic mass is 16.5. The van der Waals surface area contributed by atoms with Crippen LogP contribution in [-0.4, -0.2) is 13.1 Å². The van der Waals surface area contributed by atoms with E-state index in [2.05, 4.69) is 18.6 Å². The molecular formula is C13H18O2. The van der Waals surface area contributed by atoms with Crippen molar-refractivity contribution in [3.63, 3.8) is 0 Å². The second-order valence-corrected chi connectivity index (χ2v) is 3.87. The van der Waals surface area contributed by atoms with E-state index in [0.29, 0.717) is 11.5 Å². The molecule has 0 aliphatic heterocycles. The molecule has 2 nitrogen and oxygen atoms in total. The minimum absolute atomic E-state index is 0.270. The molecule has 1 atom stereocenters. The third kappa shape index (κ3) is 2.58. The van der Waals surface area contributed by atoms with Crippen molar-refractivity contribution in [2.45, 2.75) is 33.1 Å². The molecule has 0 aliphatic carbocycles. The average molecular weight is 206 g/mol. The lowest BCUT2D eigenvalue weighted by atomic mass is 9.93. The molecule has 0 amide bonds. The van der Waals surface area contributed by atoms with Crippen LogP contribution in [0.3, 0.4) is 0 Å². The molecule has 0 N–H and O–H groups in total. The van der Waals surface area contributed by atoms with Gasteiger partial charge in [-0.15, -0.1) is 0 Å². The number of carbonyl (C=O) groups excluding carboxylic acids is 1. The van der Waals surface area contributed by atoms with E-state index in [-0.39, 0.29) is 5.97 Å². The Morgan fingerprint density at radius 2 is 2.13 bits per heavy atom. The van der Waals surface area contributed by atoms with Gasteiger partial charge in [0.15, 0.2) is 0 Å². The number of methoxy groups -OCH3 is 1. The Hall–Kier alpha value is -1.31. The topological polar surface area (TPSA) is 26.3 Å². The maximum Gasteiger partial charge on any atom is 0.337 e. The zero-order valence-electron chi connectivity index (χ0n) is 9.83. The number of esters is 1. The molecule has 1 unspecified atom stereocenters. The van der Waals surface area contributed by atoms with Crippen LogP contribution in [0.1, 0.15) is 47.7 Å². The van der Waals surface area contributed by atoms with Crippen LogP contribution in [0.5, 0.6) is 0 Å². The highest BCUT2D eigenvalue weighted by Gasteiger charge is 2.10. The Bertz CT molecular complexity index is 356. The molecule has 0 saturated heterocycles. The van der Waals surface area contributed by atoms with Crippen LogP contribution >= 0.6 is 0 Å². The number of carbonyl (C=O) groups is 1. The smallest absolute Gasteiger partial charge is 0.337 e. The zero-order chi connectivity index (χ0) is 11.4. The van der Waals surface area contributed by atoms with E-state index in [1.54, 1.807) is 0 Å². The van der Waals surface area contributed by atoms with Gasteiger partial charge in [-0.1, -0.05) is 19.9 Å². The molecule has 82 valence electrons. The molecule has 0 saturated carbocycles. The zero-order valence-corrected chi connectivity index (χ0v) is 9.83. The molecular weight excluding hydrogens is 188 g/mol. The van der Waals surface area contributed by atoms with Crippen LogP contribution in [0.15, 0.2) is 18.2 Å². The maximum atomic E-state index is 11.3. The molecule has 0 heterocycles. The van der Waals surface area contributed by atoms with Gasteiger partial charge >= 0.3 is 5.97 Å². The van der Waals surface area contributed by atoms with Gasteiger partial charge in [0.1, 0.15) is 0 Å². The van der Waals surface area contributed by atoms with E-state index < -0.39 is 0 Å². The molecule has 0 aliphatic rings. The summed E-state index contributed by atoms with van der Waals surface area (Å²) in [5, 5.41) is 0. The van der Waals surface area contributed by atoms with Gasteiger partial charge in [-0.25, -0.2) is 4.79 Å². The van der Waals surface area contributed by atoms with E-state index in [1.807, 2.05) is 25.1 Å². The van der Waals surface area contributed by atoms with Crippen molar-refractivity contribution in [3.05, 3.63) is 34.9 Å². The Morgan fingerprint density at radius 1 is 1.47 bits per heavy atom. The van der Waals surface area contributed by atoms with Crippen LogP contribution in [0.25, 0.3) is 0 Å². The molecule has 0 aromatic heterocycles. The molecule has 15 heavy (non-hydrogen) atoms. The lowest BCUT2D eigenvalue weighted by Gasteiger charge is -2.13. The Kier molecular flexibility index (Phi) is 3.89. The predicted molar refractivity (Wildman–Crippen MR) is 61.2 cm³/mol. The van der Waals surface area contributed by atoms with Crippen LogP contribution in [0, 0.1) is 6.92 Å². The van der Waals surface area contributed by atoms with E-state index in [0.717, 1.165) is 12.0 Å². The molecule has 0 spiro atoms. The largest absolute Gasteiger partial charge is 0.465 e. The summed E-state index contributed by atoms with van der Waals surface area (Å²) in [4.78, 5) is 11.3. The summed E-state index contributed by atoms with van der Waals surface area (Å²) in [6.07, 6.45) is 1.11. The normalized spacial score (nSPS) is 12.3. The van der Waals surface area contributed by atoms with Crippen LogP contribution in [0.2, 0.25) is 0 Å². The molecule has 1 aromatic rings. The van der Waals surface area contributed by atoms with E-state index >= 15 is 0 Å². The fraction of sp³-hybridized carbons (Fsp3) is 0.462. The first-order chi connectivity index (χ1) is 7.10. The Morgan fingerprint density at radius 3 is 2.60 bits per heavy atom. The fourth-order valence-electron chi connectivity index (χ4n) is 1.69. The minimum atomic E-state index is -0.270. The summed E-state index contributed by atoms with van der Waals surface area (Å²) in [6, 6.07) is 5.75. The summed E-state index contributed by atoms with van der Waals surface area (Å²) in [7, 11) is 1.40. The first-order valence-electron chi connectivity index (χ1n) is 5.29. The molecule has 0 radical (unpaired) electrons. The van der Waals surface area contributed by atoms with E-state index in [1.165, 1.54) is 12.7 Å². The van der Waals surface area contributed by atoms with E-state index in [4.69, 9.17) is 0 Å². The van der Waals surface area contributed by atoms with Crippen molar-refractivity contribution < 1.29 is 9.53 Å². The van der Waals surface area contributed by atoms with Gasteiger partial charge in [0, 0.05) is 0 Å². The number of rotatable bonds is 3. The molecule has 0 fully saturated rings. The third-order valence-electron chi connectivity index (χ3n) is 2.83. The van der Waals surface area contributed by atoms with Crippen molar-refractivity contribution in [2.75, 3.05) is 7.11 Å². The summed E-state index contributed by atoms with van der Waals surface area (Å²) < 4.78 is 4.68. The molecule has 2 heteroatoms. The van der Waals surface area contributed by atoms with Gasteiger partial charge in [-0.2, -0.15) is 0 Å². The van der Waals surface area contributed by atoms with Crippen molar-refractivity contribution in [1.29, 1.82) is 0 Å². The number of benzene rings is 1. The van der Waals surface area contributed by atoms with Crippen molar-refractivity contribution >= 4 is 5.97 Å². The van der Waals surface area contributed by atoms with Crippen molar-refractivity contribution in [3.8, 4) is 0 Å². The van der Waals surface area contributed by atoms with Gasteiger partial charge in [-0.3, -0.25) is 0 Å². The first kappa shape index (κ1) is 11.8. The highest BCUT2D eigenvalue weighted by Crippen LogP contribution is 2.23. The summed E-state index contributed by atoms with van der Waals surface area (Å²) >= 11 is 0. The van der Waals surface area contributed by atoms with Crippen LogP contribution < -0.4 is 0 Å². The predicted octanol–water partition coefficient (Wildman–Crippen LogP) is 3.30. The van der Waals surface area contributed by atoms with Gasteiger partial charge in [0.05, 0.1) is 12.7 Å². The quantitative estimate of drug-likeness (QED) is 0.709. The molecule has 1 rings (SSSR count). The van der Waals surface area contributed by atoms with Crippen LogP contribution in [-0.2, 0) is 4.74 Å². The summed E-state index contributed by atoms with van der Waals surface area (Å²) in [5.41, 5.74) is 3.10. The monoisotopic (exact) mass is 206 g/mol. The maximum absolute atomic E-state index is 11.3.